The van der Waals surface area contributed by atoms with Crippen LogP contribution in [-0.4, -0.2) is 13.0 Å². The molecule has 114 valence electrons. The molecule has 0 aliphatic rings. The number of hydrogen-bond donors (Lipinski definition) is 1. The Hall–Kier alpha value is -2.55. The highest BCUT2D eigenvalue weighted by Crippen LogP contribution is 2.17. The van der Waals surface area contributed by atoms with E-state index in [1.54, 1.807) is 19.3 Å². The molecule has 0 aliphatic carbocycles. The molecule has 0 saturated carbocycles. The van der Waals surface area contributed by atoms with E-state index < -0.39 is 0 Å². The highest BCUT2D eigenvalue weighted by atomic mass is 16.5. The predicted octanol–water partition coefficient (Wildman–Crippen LogP) is 3.89. The van der Waals surface area contributed by atoms with Crippen molar-refractivity contribution in [3.05, 3.63) is 71.3 Å². The topological polar surface area (TPSA) is 38.3 Å². The van der Waals surface area contributed by atoms with Gasteiger partial charge in [-0.1, -0.05) is 36.4 Å². The molecule has 0 fully saturated rings. The summed E-state index contributed by atoms with van der Waals surface area (Å²) in [6, 6.07) is 15.6. The van der Waals surface area contributed by atoms with Crippen molar-refractivity contribution in [2.45, 2.75) is 19.9 Å². The first kappa shape index (κ1) is 15.8. The van der Waals surface area contributed by atoms with Gasteiger partial charge in [0.2, 0.25) is 5.91 Å². The fourth-order valence-electron chi connectivity index (χ4n) is 2.33. The quantitative estimate of drug-likeness (QED) is 0.850. The van der Waals surface area contributed by atoms with Crippen molar-refractivity contribution in [2.24, 2.45) is 0 Å². The number of ether oxygens (including phenoxy) is 1. The number of carbonyl (C=O) groups excluding carboxylic acids is 1. The molecule has 0 bridgehead atoms. The third-order valence-electron chi connectivity index (χ3n) is 3.53. The van der Waals surface area contributed by atoms with Crippen LogP contribution in [0.5, 0.6) is 5.75 Å². The second-order valence-corrected chi connectivity index (χ2v) is 5.20. The van der Waals surface area contributed by atoms with Gasteiger partial charge in [0.15, 0.2) is 0 Å². The molecular formula is C19H21NO2. The maximum absolute atomic E-state index is 12.0. The molecule has 2 aromatic carbocycles. The Kier molecular flexibility index (Phi) is 5.37. The first-order valence-electron chi connectivity index (χ1n) is 7.28. The van der Waals surface area contributed by atoms with Gasteiger partial charge < -0.3 is 10.1 Å². The van der Waals surface area contributed by atoms with E-state index in [1.807, 2.05) is 62.4 Å². The lowest BCUT2D eigenvalue weighted by atomic mass is 10.0. The number of benzene rings is 2. The summed E-state index contributed by atoms with van der Waals surface area (Å²) >= 11 is 0. The molecule has 3 heteroatoms. The third-order valence-corrected chi connectivity index (χ3v) is 3.53. The summed E-state index contributed by atoms with van der Waals surface area (Å²) in [7, 11) is 1.62. The van der Waals surface area contributed by atoms with Gasteiger partial charge in [-0.3, -0.25) is 4.79 Å². The Morgan fingerprint density at radius 3 is 2.68 bits per heavy atom. The molecule has 1 unspecified atom stereocenters. The lowest BCUT2D eigenvalue weighted by Crippen LogP contribution is -2.25. The van der Waals surface area contributed by atoms with Crippen molar-refractivity contribution >= 4 is 12.0 Å². The van der Waals surface area contributed by atoms with Crippen molar-refractivity contribution in [1.29, 1.82) is 0 Å². The number of aryl methyl sites for hydroxylation is 1. The van der Waals surface area contributed by atoms with Crippen LogP contribution in [0.2, 0.25) is 0 Å². The van der Waals surface area contributed by atoms with Crippen LogP contribution < -0.4 is 10.1 Å². The lowest BCUT2D eigenvalue weighted by molar-refractivity contribution is -0.117. The van der Waals surface area contributed by atoms with Gasteiger partial charge in [-0.15, -0.1) is 0 Å². The van der Waals surface area contributed by atoms with Crippen molar-refractivity contribution < 1.29 is 9.53 Å². The second-order valence-electron chi connectivity index (χ2n) is 5.20. The molecule has 0 aromatic heterocycles. The molecule has 1 atom stereocenters. The molecule has 0 spiro atoms. The van der Waals surface area contributed by atoms with E-state index in [4.69, 9.17) is 4.74 Å². The molecule has 0 saturated heterocycles. The number of nitrogens with one attached hydrogen (secondary N) is 1. The molecule has 2 rings (SSSR count). The minimum absolute atomic E-state index is 0.0244. The average molecular weight is 295 g/mol. The normalized spacial score (nSPS) is 12.1. The first-order chi connectivity index (χ1) is 10.6. The van der Waals surface area contributed by atoms with Crippen LogP contribution in [0, 0.1) is 6.92 Å². The van der Waals surface area contributed by atoms with E-state index in [1.165, 1.54) is 5.56 Å². The minimum atomic E-state index is -0.112. The Labute approximate surface area is 131 Å². The molecule has 22 heavy (non-hydrogen) atoms. The fraction of sp³-hybridized carbons (Fsp3) is 0.211. The smallest absolute Gasteiger partial charge is 0.244 e. The zero-order valence-corrected chi connectivity index (χ0v) is 13.2. The largest absolute Gasteiger partial charge is 0.497 e. The van der Waals surface area contributed by atoms with Gasteiger partial charge in [-0.05, 0) is 48.7 Å². The Bertz CT molecular complexity index is 677. The Morgan fingerprint density at radius 1 is 1.18 bits per heavy atom. The van der Waals surface area contributed by atoms with Gasteiger partial charge in [-0.25, -0.2) is 0 Å². The number of amides is 1. The summed E-state index contributed by atoms with van der Waals surface area (Å²) in [5.41, 5.74) is 3.23. The van der Waals surface area contributed by atoms with Crippen LogP contribution in [0.25, 0.3) is 6.08 Å². The van der Waals surface area contributed by atoms with Gasteiger partial charge >= 0.3 is 0 Å². The lowest BCUT2D eigenvalue weighted by Gasteiger charge is -2.15. The van der Waals surface area contributed by atoms with E-state index in [2.05, 4.69) is 5.32 Å². The molecule has 0 heterocycles. The summed E-state index contributed by atoms with van der Waals surface area (Å²) in [5.74, 6) is 0.661. The summed E-state index contributed by atoms with van der Waals surface area (Å²) < 4.78 is 5.16. The van der Waals surface area contributed by atoms with Crippen LogP contribution in [0.15, 0.2) is 54.6 Å². The number of methoxy groups -OCH3 is 1. The Morgan fingerprint density at radius 2 is 1.95 bits per heavy atom. The molecule has 3 nitrogen and oxygen atoms in total. The van der Waals surface area contributed by atoms with Crippen LogP contribution in [-0.2, 0) is 4.79 Å². The second kappa shape index (κ2) is 7.46. The number of carbonyl (C=O) groups is 1. The third kappa shape index (κ3) is 4.22. The standard InChI is InChI=1S/C19H21NO2/c1-14-7-4-5-10-18(14)15(2)20-19(21)12-11-16-8-6-9-17(13-16)22-3/h4-13,15H,1-3H3,(H,20,21)/b12-11+. The molecule has 1 N–H and O–H groups in total. The predicted molar refractivity (Wildman–Crippen MR) is 89.8 cm³/mol. The van der Waals surface area contributed by atoms with Crippen molar-refractivity contribution in [1.82, 2.24) is 5.32 Å². The summed E-state index contributed by atoms with van der Waals surface area (Å²) in [6.45, 7) is 4.03. The van der Waals surface area contributed by atoms with E-state index in [0.29, 0.717) is 0 Å². The van der Waals surface area contributed by atoms with Gasteiger partial charge in [0.05, 0.1) is 13.2 Å². The minimum Gasteiger partial charge on any atom is -0.497 e. The van der Waals surface area contributed by atoms with E-state index >= 15 is 0 Å². The van der Waals surface area contributed by atoms with Gasteiger partial charge in [0.1, 0.15) is 5.75 Å². The highest BCUT2D eigenvalue weighted by Gasteiger charge is 2.09. The van der Waals surface area contributed by atoms with Crippen LogP contribution in [0.4, 0.5) is 0 Å². The monoisotopic (exact) mass is 295 g/mol. The summed E-state index contributed by atoms with van der Waals surface area (Å²) in [6.07, 6.45) is 3.33. The molecule has 1 amide bonds. The van der Waals surface area contributed by atoms with Crippen LogP contribution >= 0.6 is 0 Å². The molecule has 0 aliphatic heterocycles. The van der Waals surface area contributed by atoms with E-state index in [0.717, 1.165) is 16.9 Å². The van der Waals surface area contributed by atoms with Crippen LogP contribution in [0.3, 0.4) is 0 Å². The van der Waals surface area contributed by atoms with Gasteiger partial charge in [-0.2, -0.15) is 0 Å². The molecule has 2 aromatic rings. The zero-order valence-electron chi connectivity index (χ0n) is 13.2. The van der Waals surface area contributed by atoms with Crippen LogP contribution in [0.1, 0.15) is 29.7 Å². The number of rotatable bonds is 5. The van der Waals surface area contributed by atoms with Crippen molar-refractivity contribution in [3.63, 3.8) is 0 Å². The van der Waals surface area contributed by atoms with Crippen molar-refractivity contribution in [2.75, 3.05) is 7.11 Å². The van der Waals surface area contributed by atoms with E-state index in [-0.39, 0.29) is 11.9 Å². The highest BCUT2D eigenvalue weighted by molar-refractivity contribution is 5.92. The first-order valence-corrected chi connectivity index (χ1v) is 7.28. The molecule has 0 radical (unpaired) electrons. The maximum atomic E-state index is 12.0. The van der Waals surface area contributed by atoms with E-state index in [9.17, 15) is 4.79 Å². The molecular weight excluding hydrogens is 274 g/mol. The summed E-state index contributed by atoms with van der Waals surface area (Å²) in [5, 5.41) is 2.98. The average Bonchev–Trinajstić information content (AvgIpc) is 2.53. The van der Waals surface area contributed by atoms with Gasteiger partial charge in [0.25, 0.3) is 0 Å². The summed E-state index contributed by atoms with van der Waals surface area (Å²) in [4.78, 5) is 12.0. The number of hydrogen-bond acceptors (Lipinski definition) is 2. The SMILES string of the molecule is COc1cccc(/C=C/C(=O)NC(C)c2ccccc2C)c1. The fourth-order valence-corrected chi connectivity index (χ4v) is 2.33. The maximum Gasteiger partial charge on any atom is 0.244 e. The van der Waals surface area contributed by atoms with Gasteiger partial charge in [0, 0.05) is 6.08 Å². The Balaban J connectivity index is 2.00. The van der Waals surface area contributed by atoms with Crippen molar-refractivity contribution in [3.8, 4) is 5.75 Å². The zero-order chi connectivity index (χ0) is 15.9.